The molecule has 0 bridgehead atoms. The number of aromatic amines is 1. The molecule has 0 fully saturated rings. The monoisotopic (exact) mass is 423 g/mol. The van der Waals surface area contributed by atoms with Crippen LogP contribution in [0, 0.1) is 26.6 Å². The smallest absolute Gasteiger partial charge is 0.484 e. The van der Waals surface area contributed by atoms with E-state index in [0.29, 0.717) is 0 Å². The van der Waals surface area contributed by atoms with Crippen LogP contribution in [-0.2, 0) is 39.0 Å². The van der Waals surface area contributed by atoms with Gasteiger partial charge in [-0.15, -0.1) is 6.20 Å². The van der Waals surface area contributed by atoms with E-state index in [2.05, 4.69) is 25.0 Å². The van der Waals surface area contributed by atoms with Crippen molar-refractivity contribution in [3.8, 4) is 0 Å². The van der Waals surface area contributed by atoms with E-state index in [1.165, 1.54) is 6.08 Å². The van der Waals surface area contributed by atoms with E-state index < -0.39 is 0 Å². The molecular weight excluding hydrogens is 396 g/mol. The summed E-state index contributed by atoms with van der Waals surface area (Å²) >= 11 is 0. The van der Waals surface area contributed by atoms with Crippen LogP contribution in [0.2, 0.25) is 0 Å². The molecule has 0 aromatic carbocycles. The van der Waals surface area contributed by atoms with E-state index in [9.17, 15) is 0 Å². The van der Waals surface area contributed by atoms with Crippen molar-refractivity contribution in [2.24, 2.45) is 0 Å². The van der Waals surface area contributed by atoms with Gasteiger partial charge in [-0.1, -0.05) is 20.8 Å². The molecule has 0 aliphatic carbocycles. The van der Waals surface area contributed by atoms with Crippen LogP contribution in [0.4, 0.5) is 0 Å². The van der Waals surface area contributed by atoms with E-state index in [0.717, 1.165) is 12.8 Å². The maximum Gasteiger partial charge on any atom is 4.00 e. The Morgan fingerprint density at radius 2 is 1.72 bits per heavy atom. The van der Waals surface area contributed by atoms with Gasteiger partial charge in [0.15, 0.2) is 0 Å². The summed E-state index contributed by atoms with van der Waals surface area (Å²) in [5.74, 6) is 0. The summed E-state index contributed by atoms with van der Waals surface area (Å²) in [4.78, 5) is 2.74. The van der Waals surface area contributed by atoms with Gasteiger partial charge >= 0.3 is 19.5 Å². The van der Waals surface area contributed by atoms with Gasteiger partial charge in [-0.2, -0.15) is 37.2 Å². The van der Waals surface area contributed by atoms with Gasteiger partial charge in [-0.05, 0) is 0 Å². The van der Waals surface area contributed by atoms with Crippen LogP contribution < -0.4 is 0 Å². The van der Waals surface area contributed by atoms with Crippen molar-refractivity contribution in [3.63, 3.8) is 0 Å². The molecule has 1 N–H and O–H groups in total. The number of H-pyrrole nitrogens is 1. The third-order valence-corrected chi connectivity index (χ3v) is 0.746. The second-order valence-electron chi connectivity index (χ2n) is 2.53. The predicted molar refractivity (Wildman–Crippen MR) is 74.6 cm³/mol. The van der Waals surface area contributed by atoms with Crippen LogP contribution in [0.1, 0.15) is 33.6 Å². The normalized spacial score (nSPS) is 6.72. The minimum absolute atomic E-state index is 0. The van der Waals surface area contributed by atoms with Gasteiger partial charge in [0.05, 0.1) is 0 Å². The molecule has 0 unspecified atom stereocenters. The molecule has 1 nitrogen and oxygen atoms in total. The average molecular weight is 422 g/mol. The Balaban J connectivity index is -0.0000000416. The van der Waals surface area contributed by atoms with E-state index in [1.807, 2.05) is 45.2 Å². The molecule has 18 heavy (non-hydrogen) atoms. The van der Waals surface area contributed by atoms with Crippen molar-refractivity contribution in [2.45, 2.75) is 33.6 Å². The number of nitrogens with one attached hydrogen (secondary N) is 1. The number of hydrogen-bond donors (Lipinski definition) is 1. The standard InChI is InChI=1S/C5H7.C4H4N.2C3H7.2Ru/c1-3-5-4-2;1-2-4-5-3-1;2*1-3-2;;/h1,3-5H,2H3;1-3,5H;2*1,3H2,2H3;;/q4*-1;;+4. The van der Waals surface area contributed by atoms with Gasteiger partial charge in [0, 0.05) is 19.5 Å². The maximum absolute atomic E-state index is 4.93. The zero-order valence-corrected chi connectivity index (χ0v) is 15.1. The zero-order chi connectivity index (χ0) is 13.1. The fourth-order valence-electron chi connectivity index (χ4n) is 0.352. The molecule has 0 amide bonds. The third kappa shape index (κ3) is 73.4. The van der Waals surface area contributed by atoms with Crippen molar-refractivity contribution < 1.29 is 39.0 Å². The maximum atomic E-state index is 4.93. The molecular formula is C15H25NRu2. The molecule has 1 aromatic heterocycles. The van der Waals surface area contributed by atoms with Crippen LogP contribution in [0.3, 0.4) is 0 Å². The Bertz CT molecular complexity index is 175. The zero-order valence-electron chi connectivity index (χ0n) is 11.6. The van der Waals surface area contributed by atoms with Crippen molar-refractivity contribution >= 4 is 0 Å². The van der Waals surface area contributed by atoms with Crippen molar-refractivity contribution in [3.05, 3.63) is 63.2 Å². The van der Waals surface area contributed by atoms with Gasteiger partial charge < -0.3 is 18.8 Å². The van der Waals surface area contributed by atoms with E-state index in [4.69, 9.17) is 6.58 Å². The molecule has 0 radical (unpaired) electrons. The molecule has 106 valence electrons. The molecule has 0 spiro atoms. The molecule has 0 saturated heterocycles. The number of hydrogen-bond acceptors (Lipinski definition) is 0. The van der Waals surface area contributed by atoms with Gasteiger partial charge in [0.2, 0.25) is 0 Å². The Hall–Kier alpha value is 0.00675. The summed E-state index contributed by atoms with van der Waals surface area (Å²) in [6.45, 7) is 17.8. The van der Waals surface area contributed by atoms with Gasteiger partial charge in [0.25, 0.3) is 0 Å². The predicted octanol–water partition coefficient (Wildman–Crippen LogP) is 4.82. The Labute approximate surface area is 140 Å². The molecule has 1 heterocycles. The van der Waals surface area contributed by atoms with Crippen LogP contribution in [-0.4, -0.2) is 4.98 Å². The van der Waals surface area contributed by atoms with Gasteiger partial charge in [-0.25, -0.2) is 12.2 Å². The summed E-state index contributed by atoms with van der Waals surface area (Å²) in [5.41, 5.74) is 0. The third-order valence-electron chi connectivity index (χ3n) is 0.746. The van der Waals surface area contributed by atoms with E-state index in [1.54, 1.807) is 6.08 Å². The average Bonchev–Trinajstić information content (AvgIpc) is 2.79. The first-order chi connectivity index (χ1) is 7.74. The molecule has 0 aliphatic heterocycles. The largest absolute Gasteiger partial charge is 4.00 e. The fourth-order valence-corrected chi connectivity index (χ4v) is 0.352. The number of aromatic nitrogens is 1. The minimum Gasteiger partial charge on any atom is -0.484 e. The van der Waals surface area contributed by atoms with Gasteiger partial charge in [-0.3, -0.25) is 6.58 Å². The molecule has 1 rings (SSSR count). The quantitative estimate of drug-likeness (QED) is 0.380. The first kappa shape index (κ1) is 30.8. The number of rotatable bonds is 1. The van der Waals surface area contributed by atoms with E-state index in [-0.39, 0.29) is 39.0 Å². The summed E-state index contributed by atoms with van der Waals surface area (Å²) in [5, 5.41) is 0. The molecule has 0 atom stereocenters. The second-order valence-corrected chi connectivity index (χ2v) is 2.53. The Morgan fingerprint density at radius 3 is 1.78 bits per heavy atom. The first-order valence-corrected chi connectivity index (χ1v) is 5.49. The van der Waals surface area contributed by atoms with Crippen LogP contribution in [0.15, 0.2) is 36.6 Å². The Morgan fingerprint density at radius 1 is 1.28 bits per heavy atom. The molecule has 0 aliphatic rings. The molecule has 0 saturated carbocycles. The van der Waals surface area contributed by atoms with Crippen LogP contribution >= 0.6 is 0 Å². The van der Waals surface area contributed by atoms with Gasteiger partial charge in [0.1, 0.15) is 0 Å². The van der Waals surface area contributed by atoms with E-state index >= 15 is 0 Å². The molecule has 3 heteroatoms. The van der Waals surface area contributed by atoms with Crippen molar-refractivity contribution in [2.75, 3.05) is 0 Å². The second kappa shape index (κ2) is 43.5. The summed E-state index contributed by atoms with van der Waals surface area (Å²) in [6, 6.07) is 3.71. The number of allylic oxidation sites excluding steroid dienone is 3. The van der Waals surface area contributed by atoms with Crippen molar-refractivity contribution in [1.29, 1.82) is 0 Å². The Kier molecular flexibility index (Phi) is 74.4. The summed E-state index contributed by atoms with van der Waals surface area (Å²) in [6.07, 6.45) is 11.7. The summed E-state index contributed by atoms with van der Waals surface area (Å²) < 4.78 is 0. The molecule has 1 aromatic rings. The SMILES string of the molecule is [CH-]=CC=CC.[CH2-]CC.[CH2-]CC.[Ru+4].[Ru].[c-]1ccc[nH]1. The topological polar surface area (TPSA) is 15.8 Å². The van der Waals surface area contributed by atoms with Crippen LogP contribution in [0.5, 0.6) is 0 Å². The van der Waals surface area contributed by atoms with Crippen LogP contribution in [0.25, 0.3) is 0 Å². The minimum atomic E-state index is 0. The summed E-state index contributed by atoms with van der Waals surface area (Å²) in [7, 11) is 0. The fraction of sp³-hybridized carbons (Fsp3) is 0.333. The van der Waals surface area contributed by atoms with Crippen molar-refractivity contribution in [1.82, 2.24) is 4.98 Å². The first-order valence-electron chi connectivity index (χ1n) is 5.49.